The lowest BCUT2D eigenvalue weighted by Gasteiger charge is -2.33. The molecule has 3 rings (SSSR count). The second-order valence-corrected chi connectivity index (χ2v) is 11.5. The van der Waals surface area contributed by atoms with Crippen LogP contribution >= 0.6 is 0 Å². The van der Waals surface area contributed by atoms with Crippen molar-refractivity contribution in [1.82, 2.24) is 10.2 Å². The Morgan fingerprint density at radius 1 is 1.00 bits per heavy atom. The zero-order valence-corrected chi connectivity index (χ0v) is 22.0. The van der Waals surface area contributed by atoms with E-state index in [1.807, 2.05) is 50.2 Å². The molecule has 8 heteroatoms. The number of nitrogens with zero attached hydrogens (tertiary/aromatic N) is 2. The van der Waals surface area contributed by atoms with Gasteiger partial charge in [-0.3, -0.25) is 13.9 Å². The van der Waals surface area contributed by atoms with Gasteiger partial charge in [0, 0.05) is 12.6 Å². The summed E-state index contributed by atoms with van der Waals surface area (Å²) in [4.78, 5) is 28.2. The van der Waals surface area contributed by atoms with Gasteiger partial charge in [-0.15, -0.1) is 0 Å². The highest BCUT2D eigenvalue weighted by Gasteiger charge is 2.31. The lowest BCUT2D eigenvalue weighted by molar-refractivity contribution is -0.139. The number of benzene rings is 2. The van der Waals surface area contributed by atoms with Crippen LogP contribution in [0, 0.1) is 13.8 Å². The van der Waals surface area contributed by atoms with E-state index in [1.54, 1.807) is 19.1 Å². The first-order valence-electron chi connectivity index (χ1n) is 12.2. The van der Waals surface area contributed by atoms with Gasteiger partial charge in [-0.05, 0) is 62.4 Å². The summed E-state index contributed by atoms with van der Waals surface area (Å²) in [6.07, 6.45) is 6.34. The van der Waals surface area contributed by atoms with E-state index in [0.717, 1.165) is 52.9 Å². The molecule has 1 saturated carbocycles. The van der Waals surface area contributed by atoms with Crippen LogP contribution in [-0.4, -0.2) is 50.0 Å². The third kappa shape index (κ3) is 7.31. The maximum Gasteiger partial charge on any atom is 0.244 e. The average Bonchev–Trinajstić information content (AvgIpc) is 2.83. The number of hydrogen-bond donors (Lipinski definition) is 1. The summed E-state index contributed by atoms with van der Waals surface area (Å²) in [5.74, 6) is -0.637. The Bertz CT molecular complexity index is 1130. The van der Waals surface area contributed by atoms with Crippen molar-refractivity contribution >= 4 is 27.5 Å². The van der Waals surface area contributed by atoms with Crippen molar-refractivity contribution in [2.75, 3.05) is 17.1 Å². The van der Waals surface area contributed by atoms with Crippen molar-refractivity contribution in [3.8, 4) is 0 Å². The number of carbonyl (C=O) groups excluding carboxylic acids is 2. The predicted octanol–water partition coefficient (Wildman–Crippen LogP) is 3.94. The first-order chi connectivity index (χ1) is 16.6. The smallest absolute Gasteiger partial charge is 0.244 e. The lowest BCUT2D eigenvalue weighted by Crippen LogP contribution is -2.52. The molecule has 0 aromatic heterocycles. The Morgan fingerprint density at radius 2 is 1.66 bits per heavy atom. The van der Waals surface area contributed by atoms with Crippen molar-refractivity contribution < 1.29 is 18.0 Å². The number of anilines is 1. The van der Waals surface area contributed by atoms with Crippen LogP contribution in [0.5, 0.6) is 0 Å². The molecule has 0 spiro atoms. The molecule has 1 atom stereocenters. The zero-order valence-electron chi connectivity index (χ0n) is 21.2. The summed E-state index contributed by atoms with van der Waals surface area (Å²) >= 11 is 0. The molecule has 0 saturated heterocycles. The fourth-order valence-electron chi connectivity index (χ4n) is 4.43. The number of carbonyl (C=O) groups is 2. The minimum Gasteiger partial charge on any atom is -0.352 e. The van der Waals surface area contributed by atoms with Gasteiger partial charge in [-0.1, -0.05) is 55.7 Å². The Labute approximate surface area is 209 Å². The summed E-state index contributed by atoms with van der Waals surface area (Å²) in [5, 5.41) is 3.10. The maximum atomic E-state index is 13.6. The SMILES string of the molecule is Cc1ccc(N(CC(=O)N(Cc2ccccc2)[C@@H](C)C(=O)NC2CCCCC2)S(C)(=O)=O)cc1C. The summed E-state index contributed by atoms with van der Waals surface area (Å²) in [5.41, 5.74) is 3.27. The molecule has 0 unspecified atom stereocenters. The van der Waals surface area contributed by atoms with Crippen molar-refractivity contribution in [2.24, 2.45) is 0 Å². The largest absolute Gasteiger partial charge is 0.352 e. The number of hydrogen-bond acceptors (Lipinski definition) is 4. The van der Waals surface area contributed by atoms with Crippen LogP contribution in [-0.2, 0) is 26.2 Å². The fourth-order valence-corrected chi connectivity index (χ4v) is 5.27. The molecule has 1 fully saturated rings. The van der Waals surface area contributed by atoms with Crippen LogP contribution in [0.4, 0.5) is 5.69 Å². The first kappa shape index (κ1) is 26.7. The Balaban J connectivity index is 1.86. The van der Waals surface area contributed by atoms with E-state index in [-0.39, 0.29) is 25.0 Å². The number of aryl methyl sites for hydroxylation is 2. The van der Waals surface area contributed by atoms with E-state index in [9.17, 15) is 18.0 Å². The normalized spacial score (nSPS) is 15.3. The van der Waals surface area contributed by atoms with E-state index in [1.165, 1.54) is 11.3 Å². The molecule has 2 amide bonds. The standard InChI is InChI=1S/C27H37N3O4S/c1-20-15-16-25(17-21(20)2)30(35(4,33)34)19-26(31)29(18-23-11-7-5-8-12-23)22(3)27(32)28-24-13-9-6-10-14-24/h5,7-8,11-12,15-17,22,24H,6,9-10,13-14,18-19H2,1-4H3,(H,28,32)/t22-/m0/s1. The number of rotatable bonds is 9. The molecular formula is C27H37N3O4S. The maximum absolute atomic E-state index is 13.6. The Hall–Kier alpha value is -2.87. The van der Waals surface area contributed by atoms with Crippen molar-refractivity contribution in [1.29, 1.82) is 0 Å². The Morgan fingerprint density at radius 3 is 2.26 bits per heavy atom. The van der Waals surface area contributed by atoms with Gasteiger partial charge in [-0.2, -0.15) is 0 Å². The molecule has 1 aliphatic carbocycles. The lowest BCUT2D eigenvalue weighted by atomic mass is 9.95. The topological polar surface area (TPSA) is 86.8 Å². The van der Waals surface area contributed by atoms with Gasteiger partial charge in [0.1, 0.15) is 12.6 Å². The van der Waals surface area contributed by atoms with Crippen LogP contribution in [0.2, 0.25) is 0 Å². The minimum absolute atomic E-state index is 0.121. The number of nitrogens with one attached hydrogen (secondary N) is 1. The molecule has 0 radical (unpaired) electrons. The predicted molar refractivity (Wildman–Crippen MR) is 140 cm³/mol. The van der Waals surface area contributed by atoms with Crippen LogP contribution in [0.15, 0.2) is 48.5 Å². The molecule has 0 heterocycles. The highest BCUT2D eigenvalue weighted by atomic mass is 32.2. The molecule has 1 N–H and O–H groups in total. The van der Waals surface area contributed by atoms with Gasteiger partial charge in [0.05, 0.1) is 11.9 Å². The van der Waals surface area contributed by atoms with E-state index in [4.69, 9.17) is 0 Å². The highest BCUT2D eigenvalue weighted by Crippen LogP contribution is 2.22. The molecule has 35 heavy (non-hydrogen) atoms. The molecule has 1 aliphatic rings. The summed E-state index contributed by atoms with van der Waals surface area (Å²) in [6.45, 7) is 5.39. The van der Waals surface area contributed by atoms with Crippen molar-refractivity contribution in [3.63, 3.8) is 0 Å². The second kappa shape index (κ2) is 11.7. The fraction of sp³-hybridized carbons (Fsp3) is 0.481. The van der Waals surface area contributed by atoms with Crippen molar-refractivity contribution in [3.05, 3.63) is 65.2 Å². The second-order valence-electron chi connectivity index (χ2n) is 9.56. The first-order valence-corrected chi connectivity index (χ1v) is 14.1. The minimum atomic E-state index is -3.73. The van der Waals surface area contributed by atoms with Gasteiger partial charge >= 0.3 is 0 Å². The molecule has 2 aromatic carbocycles. The third-order valence-electron chi connectivity index (χ3n) is 6.77. The van der Waals surface area contributed by atoms with Gasteiger partial charge in [0.2, 0.25) is 21.8 Å². The van der Waals surface area contributed by atoms with E-state index < -0.39 is 22.0 Å². The van der Waals surface area contributed by atoms with Crippen LogP contribution < -0.4 is 9.62 Å². The molecule has 190 valence electrons. The van der Waals surface area contributed by atoms with Crippen LogP contribution in [0.1, 0.15) is 55.7 Å². The molecule has 0 bridgehead atoms. The van der Waals surface area contributed by atoms with Gasteiger partial charge < -0.3 is 10.2 Å². The number of amides is 2. The Kier molecular flexibility index (Phi) is 8.94. The molecule has 7 nitrogen and oxygen atoms in total. The van der Waals surface area contributed by atoms with E-state index >= 15 is 0 Å². The van der Waals surface area contributed by atoms with Crippen LogP contribution in [0.25, 0.3) is 0 Å². The summed E-state index contributed by atoms with van der Waals surface area (Å²) in [7, 11) is -3.73. The summed E-state index contributed by atoms with van der Waals surface area (Å²) in [6, 6.07) is 14.1. The molecular weight excluding hydrogens is 462 g/mol. The van der Waals surface area contributed by atoms with Gasteiger partial charge in [0.15, 0.2) is 0 Å². The summed E-state index contributed by atoms with van der Waals surface area (Å²) < 4.78 is 26.5. The zero-order chi connectivity index (χ0) is 25.6. The average molecular weight is 500 g/mol. The van der Waals surface area contributed by atoms with Crippen molar-refractivity contribution in [2.45, 2.75) is 71.5 Å². The molecule has 0 aliphatic heterocycles. The monoisotopic (exact) mass is 499 g/mol. The van der Waals surface area contributed by atoms with E-state index in [2.05, 4.69) is 5.32 Å². The van der Waals surface area contributed by atoms with Gasteiger partial charge in [0.25, 0.3) is 0 Å². The quantitative estimate of drug-likeness (QED) is 0.566. The van der Waals surface area contributed by atoms with Crippen LogP contribution in [0.3, 0.4) is 0 Å². The number of sulfonamides is 1. The third-order valence-corrected chi connectivity index (χ3v) is 7.91. The van der Waals surface area contributed by atoms with E-state index in [0.29, 0.717) is 5.69 Å². The molecule has 2 aromatic rings. The van der Waals surface area contributed by atoms with Gasteiger partial charge in [-0.25, -0.2) is 8.42 Å². The highest BCUT2D eigenvalue weighted by molar-refractivity contribution is 7.92.